The van der Waals surface area contributed by atoms with Gasteiger partial charge in [-0.1, -0.05) is 29.8 Å². The fourth-order valence-electron chi connectivity index (χ4n) is 3.17. The Hall–Kier alpha value is -2.12. The summed E-state index contributed by atoms with van der Waals surface area (Å²) in [5.74, 6) is -0.141. The van der Waals surface area contributed by atoms with Gasteiger partial charge < -0.3 is 9.88 Å². The minimum absolute atomic E-state index is 0.113. The van der Waals surface area contributed by atoms with Crippen LogP contribution in [0.4, 0.5) is 0 Å². The molecule has 0 radical (unpaired) electrons. The van der Waals surface area contributed by atoms with Gasteiger partial charge in [-0.2, -0.15) is 4.31 Å². The second-order valence-corrected chi connectivity index (χ2v) is 8.85. The van der Waals surface area contributed by atoms with Crippen LogP contribution < -0.4 is 0 Å². The monoisotopic (exact) mass is 375 g/mol. The molecule has 1 aromatic carbocycles. The number of sulfonamides is 1. The van der Waals surface area contributed by atoms with Crippen molar-refractivity contribution in [3.8, 4) is 0 Å². The minimum atomic E-state index is -3.70. The van der Waals surface area contributed by atoms with Gasteiger partial charge in [0.15, 0.2) is 0 Å². The third kappa shape index (κ3) is 3.54. The first-order chi connectivity index (χ1) is 12.3. The van der Waals surface area contributed by atoms with E-state index in [2.05, 4.69) is 4.98 Å². The highest BCUT2D eigenvalue weighted by Crippen LogP contribution is 2.26. The van der Waals surface area contributed by atoms with Crippen LogP contribution in [0.15, 0.2) is 41.4 Å². The van der Waals surface area contributed by atoms with Crippen molar-refractivity contribution >= 4 is 15.9 Å². The van der Waals surface area contributed by atoms with E-state index in [4.69, 9.17) is 0 Å². The van der Waals surface area contributed by atoms with E-state index in [-0.39, 0.29) is 16.8 Å². The summed E-state index contributed by atoms with van der Waals surface area (Å²) in [4.78, 5) is 17.1. The van der Waals surface area contributed by atoms with Crippen LogP contribution in [0.1, 0.15) is 47.4 Å². The van der Waals surface area contributed by atoms with Crippen molar-refractivity contribution in [3.63, 3.8) is 0 Å². The molecular weight excluding hydrogens is 350 g/mol. The van der Waals surface area contributed by atoms with Crippen LogP contribution in [0.3, 0.4) is 0 Å². The summed E-state index contributed by atoms with van der Waals surface area (Å²) in [5.41, 5.74) is 2.37. The number of nitrogens with one attached hydrogen (secondary N) is 1. The van der Waals surface area contributed by atoms with Gasteiger partial charge in [0, 0.05) is 32.4 Å². The normalized spacial score (nSPS) is 16.2. The van der Waals surface area contributed by atoms with E-state index in [1.165, 1.54) is 16.6 Å². The van der Waals surface area contributed by atoms with Gasteiger partial charge in [-0.15, -0.1) is 0 Å². The third-order valence-electron chi connectivity index (χ3n) is 5.06. The van der Waals surface area contributed by atoms with Crippen molar-refractivity contribution in [2.45, 2.75) is 37.6 Å². The number of rotatable bonds is 5. The van der Waals surface area contributed by atoms with Gasteiger partial charge >= 0.3 is 0 Å². The topological polar surface area (TPSA) is 73.5 Å². The van der Waals surface area contributed by atoms with Crippen LogP contribution in [0.5, 0.6) is 0 Å². The molecule has 1 amide bonds. The molecule has 0 bridgehead atoms. The highest BCUT2D eigenvalue weighted by Gasteiger charge is 2.29. The van der Waals surface area contributed by atoms with E-state index in [9.17, 15) is 13.2 Å². The maximum absolute atomic E-state index is 13.0. The smallest absolute Gasteiger partial charge is 0.270 e. The van der Waals surface area contributed by atoms with E-state index in [1.54, 1.807) is 11.9 Å². The zero-order valence-electron chi connectivity index (χ0n) is 15.4. The molecule has 0 aliphatic carbocycles. The lowest BCUT2D eigenvalue weighted by molar-refractivity contribution is 0.0787. The molecule has 2 heterocycles. The Morgan fingerprint density at radius 3 is 2.42 bits per heavy atom. The number of H-pyrrole nitrogens is 1. The van der Waals surface area contributed by atoms with Crippen molar-refractivity contribution < 1.29 is 13.2 Å². The van der Waals surface area contributed by atoms with Crippen molar-refractivity contribution in [1.82, 2.24) is 14.2 Å². The number of nitrogens with zero attached hydrogens (tertiary/aromatic N) is 2. The average molecular weight is 375 g/mol. The number of carbonyl (C=O) groups is 1. The molecule has 7 heteroatoms. The number of aromatic amines is 1. The predicted octanol–water partition coefficient (Wildman–Crippen LogP) is 2.94. The number of aromatic nitrogens is 1. The van der Waals surface area contributed by atoms with Gasteiger partial charge in [-0.3, -0.25) is 4.79 Å². The van der Waals surface area contributed by atoms with Gasteiger partial charge in [0.05, 0.1) is 0 Å². The Morgan fingerprint density at radius 2 is 1.81 bits per heavy atom. The molecule has 1 N–H and O–H groups in total. The Morgan fingerprint density at radius 1 is 1.19 bits per heavy atom. The fraction of sp³-hybridized carbons (Fsp3) is 0.421. The highest BCUT2D eigenvalue weighted by molar-refractivity contribution is 7.89. The van der Waals surface area contributed by atoms with Crippen molar-refractivity contribution in [1.29, 1.82) is 0 Å². The Balaban J connectivity index is 1.81. The predicted molar refractivity (Wildman–Crippen MR) is 100 cm³/mol. The second-order valence-electron chi connectivity index (χ2n) is 6.86. The zero-order valence-corrected chi connectivity index (χ0v) is 16.2. The van der Waals surface area contributed by atoms with Gasteiger partial charge in [0.1, 0.15) is 10.6 Å². The minimum Gasteiger partial charge on any atom is -0.356 e. The highest BCUT2D eigenvalue weighted by atomic mass is 32.2. The third-order valence-corrected chi connectivity index (χ3v) is 6.97. The zero-order chi connectivity index (χ0) is 18.9. The molecule has 0 spiro atoms. The summed E-state index contributed by atoms with van der Waals surface area (Å²) in [7, 11) is -2.14. The van der Waals surface area contributed by atoms with Crippen molar-refractivity contribution in [2.75, 3.05) is 20.1 Å². The van der Waals surface area contributed by atoms with Crippen molar-refractivity contribution in [2.24, 2.45) is 0 Å². The molecule has 1 aromatic heterocycles. The fourth-order valence-corrected chi connectivity index (χ4v) is 4.51. The number of benzene rings is 1. The van der Waals surface area contributed by atoms with Gasteiger partial charge in [-0.25, -0.2) is 8.42 Å². The molecule has 0 unspecified atom stereocenters. The number of amides is 1. The SMILES string of the molecule is Cc1ccc([C@H](C)N(C)S(=O)(=O)c2c[nH]c(C(=O)N3CCCC3)c2)cc1. The molecule has 26 heavy (non-hydrogen) atoms. The number of hydrogen-bond acceptors (Lipinski definition) is 3. The molecule has 1 saturated heterocycles. The first-order valence-corrected chi connectivity index (χ1v) is 10.3. The Kier molecular flexibility index (Phi) is 5.20. The molecule has 6 nitrogen and oxygen atoms in total. The Labute approximate surface area is 154 Å². The van der Waals surface area contributed by atoms with Crippen LogP contribution in [-0.2, 0) is 10.0 Å². The van der Waals surface area contributed by atoms with Crippen LogP contribution in [0, 0.1) is 6.92 Å². The van der Waals surface area contributed by atoms with Crippen LogP contribution in [0.25, 0.3) is 0 Å². The second kappa shape index (κ2) is 7.25. The number of aryl methyl sites for hydroxylation is 1. The molecule has 1 fully saturated rings. The molecule has 1 atom stereocenters. The largest absolute Gasteiger partial charge is 0.356 e. The van der Waals surface area contributed by atoms with Gasteiger partial charge in [0.2, 0.25) is 10.0 Å². The van der Waals surface area contributed by atoms with Crippen LogP contribution >= 0.6 is 0 Å². The molecule has 140 valence electrons. The molecule has 1 aliphatic rings. The summed E-state index contributed by atoms with van der Waals surface area (Å²) >= 11 is 0. The lowest BCUT2D eigenvalue weighted by Crippen LogP contribution is -2.30. The standard InChI is InChI=1S/C19H25N3O3S/c1-14-6-8-16(9-7-14)15(2)21(3)26(24,25)17-12-18(20-13-17)19(23)22-10-4-5-11-22/h6-9,12-13,15,20H,4-5,10-11H2,1-3H3/t15-/m0/s1. The van der Waals surface area contributed by atoms with Crippen molar-refractivity contribution in [3.05, 3.63) is 53.3 Å². The van der Waals surface area contributed by atoms with Gasteiger partial charge in [0.25, 0.3) is 5.91 Å². The van der Waals surface area contributed by atoms with E-state index < -0.39 is 10.0 Å². The number of hydrogen-bond donors (Lipinski definition) is 1. The lowest BCUT2D eigenvalue weighted by atomic mass is 10.1. The number of carbonyl (C=O) groups excluding carboxylic acids is 1. The van der Waals surface area contributed by atoms with E-state index in [0.717, 1.165) is 37.1 Å². The molecule has 2 aromatic rings. The quantitative estimate of drug-likeness (QED) is 0.873. The summed E-state index contributed by atoms with van der Waals surface area (Å²) in [6, 6.07) is 8.93. The average Bonchev–Trinajstić information content (AvgIpc) is 3.32. The van der Waals surface area contributed by atoms with E-state index in [1.807, 2.05) is 38.1 Å². The molecule has 0 saturated carbocycles. The van der Waals surface area contributed by atoms with Crippen LogP contribution in [0.2, 0.25) is 0 Å². The maximum atomic E-state index is 13.0. The Bertz CT molecular complexity index is 881. The summed E-state index contributed by atoms with van der Waals surface area (Å²) in [5, 5.41) is 0. The summed E-state index contributed by atoms with van der Waals surface area (Å²) < 4.78 is 27.2. The summed E-state index contributed by atoms with van der Waals surface area (Å²) in [6.07, 6.45) is 3.39. The molecule has 3 rings (SSSR count). The van der Waals surface area contributed by atoms with E-state index >= 15 is 0 Å². The first kappa shape index (κ1) is 18.7. The van der Waals surface area contributed by atoms with Gasteiger partial charge in [-0.05, 0) is 38.3 Å². The van der Waals surface area contributed by atoms with Crippen LogP contribution in [-0.4, -0.2) is 48.7 Å². The maximum Gasteiger partial charge on any atom is 0.270 e. The van der Waals surface area contributed by atoms with E-state index in [0.29, 0.717) is 5.69 Å². The molecule has 1 aliphatic heterocycles. The molecular formula is C19H25N3O3S. The summed E-state index contributed by atoms with van der Waals surface area (Å²) in [6.45, 7) is 5.30. The lowest BCUT2D eigenvalue weighted by Gasteiger charge is -2.24. The first-order valence-electron chi connectivity index (χ1n) is 8.83. The number of likely N-dealkylation sites (tertiary alicyclic amines) is 1.